The predicted octanol–water partition coefficient (Wildman–Crippen LogP) is 4.16. The molecule has 0 N–H and O–H groups in total. The lowest BCUT2D eigenvalue weighted by molar-refractivity contribution is -0.400. The van der Waals surface area contributed by atoms with E-state index in [1.807, 2.05) is 12.1 Å². The van der Waals surface area contributed by atoms with Gasteiger partial charge in [0.25, 0.3) is 0 Å². The third kappa shape index (κ3) is 4.33. The van der Waals surface area contributed by atoms with Gasteiger partial charge in [-0.1, -0.05) is 34.1 Å². The summed E-state index contributed by atoms with van der Waals surface area (Å²) in [5, 5.41) is 19.5. The molecule has 0 amide bonds. The predicted molar refractivity (Wildman–Crippen MR) is 92.2 cm³/mol. The second kappa shape index (κ2) is 8.13. The maximum absolute atomic E-state index is 10.4. The number of nitriles is 1. The van der Waals surface area contributed by atoms with E-state index in [1.54, 1.807) is 24.3 Å². The molecular weight excluding hydrogens is 376 g/mol. The van der Waals surface area contributed by atoms with Gasteiger partial charge in [-0.3, -0.25) is 10.1 Å². The van der Waals surface area contributed by atoms with Gasteiger partial charge in [0.05, 0.1) is 23.7 Å². The van der Waals surface area contributed by atoms with Gasteiger partial charge in [0.1, 0.15) is 6.61 Å². The van der Waals surface area contributed by atoms with Gasteiger partial charge in [-0.25, -0.2) is 0 Å². The van der Waals surface area contributed by atoms with Crippen LogP contribution >= 0.6 is 15.9 Å². The highest BCUT2D eigenvalue weighted by atomic mass is 79.9. The van der Waals surface area contributed by atoms with Gasteiger partial charge < -0.3 is 9.47 Å². The lowest BCUT2D eigenvalue weighted by Gasteiger charge is -2.13. The van der Waals surface area contributed by atoms with Crippen LogP contribution in [0.1, 0.15) is 16.7 Å². The number of methoxy groups -OCH3 is 1. The van der Waals surface area contributed by atoms with Crippen molar-refractivity contribution in [1.82, 2.24) is 0 Å². The molecule has 0 aliphatic carbocycles. The van der Waals surface area contributed by atoms with Gasteiger partial charge in [0, 0.05) is 16.1 Å². The molecule has 0 heterocycles. The summed E-state index contributed by atoms with van der Waals surface area (Å²) in [5.74, 6) is 0.908. The Morgan fingerprint density at radius 1 is 1.33 bits per heavy atom. The molecule has 0 fully saturated rings. The van der Waals surface area contributed by atoms with Crippen molar-refractivity contribution in [3.8, 4) is 17.6 Å². The van der Waals surface area contributed by atoms with Crippen molar-refractivity contribution in [1.29, 1.82) is 5.26 Å². The SMILES string of the molecule is COc1cc(/C=C/[N+](=O)[O-])c(Br)cc1OCc1ccccc1C#N. The van der Waals surface area contributed by atoms with Crippen LogP contribution in [-0.2, 0) is 6.61 Å². The maximum Gasteiger partial charge on any atom is 0.235 e. The molecule has 0 aliphatic rings. The maximum atomic E-state index is 10.4. The van der Waals surface area contributed by atoms with Crippen LogP contribution in [0.5, 0.6) is 11.5 Å². The molecule has 24 heavy (non-hydrogen) atoms. The van der Waals surface area contributed by atoms with Gasteiger partial charge in [0.2, 0.25) is 6.20 Å². The largest absolute Gasteiger partial charge is 0.493 e. The van der Waals surface area contributed by atoms with E-state index in [4.69, 9.17) is 14.7 Å². The van der Waals surface area contributed by atoms with Crippen LogP contribution < -0.4 is 9.47 Å². The molecule has 0 unspecified atom stereocenters. The van der Waals surface area contributed by atoms with Crippen LogP contribution in [0, 0.1) is 21.4 Å². The average molecular weight is 389 g/mol. The van der Waals surface area contributed by atoms with Crippen LogP contribution in [-0.4, -0.2) is 12.0 Å². The van der Waals surface area contributed by atoms with Crippen LogP contribution in [0.3, 0.4) is 0 Å². The van der Waals surface area contributed by atoms with E-state index in [9.17, 15) is 10.1 Å². The number of benzene rings is 2. The van der Waals surface area contributed by atoms with Crippen molar-refractivity contribution in [3.63, 3.8) is 0 Å². The number of rotatable bonds is 6. The molecule has 2 aromatic rings. The number of ether oxygens (including phenoxy) is 2. The van der Waals surface area contributed by atoms with E-state index in [1.165, 1.54) is 13.2 Å². The molecule has 0 saturated carbocycles. The van der Waals surface area contributed by atoms with Gasteiger partial charge in [-0.05, 0) is 23.8 Å². The fourth-order valence-corrected chi connectivity index (χ4v) is 2.46. The van der Waals surface area contributed by atoms with Crippen LogP contribution in [0.25, 0.3) is 6.08 Å². The van der Waals surface area contributed by atoms with E-state index >= 15 is 0 Å². The zero-order chi connectivity index (χ0) is 17.5. The van der Waals surface area contributed by atoms with Crippen molar-refractivity contribution < 1.29 is 14.4 Å². The molecule has 0 saturated heterocycles. The van der Waals surface area contributed by atoms with E-state index < -0.39 is 4.92 Å². The van der Waals surface area contributed by atoms with E-state index in [-0.39, 0.29) is 6.61 Å². The van der Waals surface area contributed by atoms with Crippen molar-refractivity contribution in [3.05, 3.63) is 73.9 Å². The van der Waals surface area contributed by atoms with Gasteiger partial charge >= 0.3 is 0 Å². The van der Waals surface area contributed by atoms with Gasteiger partial charge in [-0.2, -0.15) is 5.26 Å². The van der Waals surface area contributed by atoms with Crippen molar-refractivity contribution in [2.45, 2.75) is 6.61 Å². The standard InChI is InChI=1S/C17H13BrN2O4/c1-23-16-8-12(6-7-20(21)22)15(18)9-17(16)24-11-14-5-3-2-4-13(14)10-19/h2-9H,11H2,1H3/b7-6+. The van der Waals surface area contributed by atoms with Gasteiger partial charge in [-0.15, -0.1) is 0 Å². The van der Waals surface area contributed by atoms with Crippen LogP contribution in [0.2, 0.25) is 0 Å². The van der Waals surface area contributed by atoms with E-state index in [0.29, 0.717) is 27.1 Å². The van der Waals surface area contributed by atoms with Crippen molar-refractivity contribution in [2.75, 3.05) is 7.11 Å². The summed E-state index contributed by atoms with van der Waals surface area (Å²) < 4.78 is 11.7. The average Bonchev–Trinajstić information content (AvgIpc) is 2.59. The molecule has 7 heteroatoms. The van der Waals surface area contributed by atoms with E-state index in [0.717, 1.165) is 11.8 Å². The Morgan fingerprint density at radius 3 is 2.75 bits per heavy atom. The summed E-state index contributed by atoms with van der Waals surface area (Å²) in [7, 11) is 1.49. The fourth-order valence-electron chi connectivity index (χ4n) is 2.00. The number of nitrogens with zero attached hydrogens (tertiary/aromatic N) is 2. The smallest absolute Gasteiger partial charge is 0.235 e. The summed E-state index contributed by atoms with van der Waals surface area (Å²) in [5.41, 5.74) is 1.89. The fraction of sp³-hybridized carbons (Fsp3) is 0.118. The molecular formula is C17H13BrN2O4. The molecule has 0 radical (unpaired) electrons. The summed E-state index contributed by atoms with van der Waals surface area (Å²) >= 11 is 3.35. The highest BCUT2D eigenvalue weighted by Gasteiger charge is 2.11. The molecule has 6 nitrogen and oxygen atoms in total. The highest BCUT2D eigenvalue weighted by Crippen LogP contribution is 2.34. The minimum Gasteiger partial charge on any atom is -0.493 e. The first-order chi connectivity index (χ1) is 11.5. The topological polar surface area (TPSA) is 85.4 Å². The first-order valence-corrected chi connectivity index (χ1v) is 7.64. The monoisotopic (exact) mass is 388 g/mol. The Bertz CT molecular complexity index is 828. The summed E-state index contributed by atoms with van der Waals surface area (Å²) in [6.07, 6.45) is 2.21. The Labute approximate surface area is 147 Å². The molecule has 2 rings (SSSR count). The number of hydrogen-bond acceptors (Lipinski definition) is 5. The Hall–Kier alpha value is -2.85. The lowest BCUT2D eigenvalue weighted by atomic mass is 10.1. The molecule has 0 spiro atoms. The first kappa shape index (κ1) is 17.5. The molecule has 2 aromatic carbocycles. The second-order valence-corrected chi connectivity index (χ2v) is 5.54. The minimum atomic E-state index is -0.540. The minimum absolute atomic E-state index is 0.205. The zero-order valence-corrected chi connectivity index (χ0v) is 14.3. The summed E-state index contributed by atoms with van der Waals surface area (Å²) in [6, 6.07) is 12.6. The third-order valence-corrected chi connectivity index (χ3v) is 3.87. The third-order valence-electron chi connectivity index (χ3n) is 3.18. The molecule has 0 atom stereocenters. The van der Waals surface area contributed by atoms with Crippen molar-refractivity contribution >= 4 is 22.0 Å². The van der Waals surface area contributed by atoms with Crippen LogP contribution in [0.15, 0.2) is 47.1 Å². The first-order valence-electron chi connectivity index (χ1n) is 6.85. The summed E-state index contributed by atoms with van der Waals surface area (Å²) in [4.78, 5) is 9.91. The van der Waals surface area contributed by atoms with Crippen LogP contribution in [0.4, 0.5) is 0 Å². The van der Waals surface area contributed by atoms with E-state index in [2.05, 4.69) is 22.0 Å². The lowest BCUT2D eigenvalue weighted by Crippen LogP contribution is -2.00. The van der Waals surface area contributed by atoms with Gasteiger partial charge in [0.15, 0.2) is 11.5 Å². The number of nitro groups is 1. The summed E-state index contributed by atoms with van der Waals surface area (Å²) in [6.45, 7) is 0.205. The Balaban J connectivity index is 2.26. The highest BCUT2D eigenvalue weighted by molar-refractivity contribution is 9.10. The second-order valence-electron chi connectivity index (χ2n) is 4.68. The molecule has 0 bridgehead atoms. The Kier molecular flexibility index (Phi) is 5.93. The zero-order valence-electron chi connectivity index (χ0n) is 12.7. The number of hydrogen-bond donors (Lipinski definition) is 0. The Morgan fingerprint density at radius 2 is 2.08 bits per heavy atom. The molecule has 0 aliphatic heterocycles. The molecule has 0 aromatic heterocycles. The normalized spacial score (nSPS) is 10.4. The molecule has 122 valence electrons. The quantitative estimate of drug-likeness (QED) is 0.547. The van der Waals surface area contributed by atoms with Crippen molar-refractivity contribution in [2.24, 2.45) is 0 Å². The number of halogens is 1.